The van der Waals surface area contributed by atoms with E-state index >= 15 is 0 Å². The molecule has 0 heterocycles. The Kier molecular flexibility index (Phi) is 8.82. The molecule has 16 heavy (non-hydrogen) atoms. The zero-order valence-corrected chi connectivity index (χ0v) is 10.6. The van der Waals surface area contributed by atoms with Gasteiger partial charge in [0.2, 0.25) is 0 Å². The van der Waals surface area contributed by atoms with Gasteiger partial charge in [0.25, 0.3) is 6.57 Å². The van der Waals surface area contributed by atoms with Crippen molar-refractivity contribution in [3.05, 3.63) is 16.6 Å². The molecule has 0 rings (SSSR count). The Labute approximate surface area is 98.9 Å². The molecule has 0 aliphatic carbocycles. The monoisotopic (exact) mass is 226 g/mol. The average molecular weight is 226 g/mol. The Morgan fingerprint density at radius 1 is 1.56 bits per heavy atom. The maximum absolute atomic E-state index is 5.64. The minimum absolute atomic E-state index is 0.280. The van der Waals surface area contributed by atoms with Gasteiger partial charge < -0.3 is 10.5 Å². The largest absolute Gasteiger partial charge is 0.367 e. The Balaban J connectivity index is 4.22. The van der Waals surface area contributed by atoms with Gasteiger partial charge in [0.15, 0.2) is 0 Å². The highest BCUT2D eigenvalue weighted by atomic mass is 16.5. The summed E-state index contributed by atoms with van der Waals surface area (Å²) in [6.45, 7) is 12.5. The van der Waals surface area contributed by atoms with Crippen molar-refractivity contribution in [1.29, 1.82) is 0 Å². The Hall–Kier alpha value is -0.890. The zero-order chi connectivity index (χ0) is 12.4. The topological polar surface area (TPSA) is 42.9 Å². The van der Waals surface area contributed by atoms with Crippen molar-refractivity contribution in [2.45, 2.75) is 32.9 Å². The molecule has 1 unspecified atom stereocenters. The van der Waals surface area contributed by atoms with Gasteiger partial charge in [-0.3, -0.25) is 4.90 Å². The number of rotatable bonds is 8. The standard InChI is InChI=1S/C12H24N3O/c1-5-9-15(6-2)10-11(14-3)7-8-12(13)16-4/h3,7,12H,5-6,8-10,13H2,1-2,4H3/q+1/b11-7+. The Morgan fingerprint density at radius 3 is 2.69 bits per heavy atom. The van der Waals surface area contributed by atoms with Crippen LogP contribution in [0.1, 0.15) is 26.7 Å². The molecule has 0 aromatic rings. The fraction of sp³-hybridized carbons (Fsp3) is 0.750. The quantitative estimate of drug-likeness (QED) is 0.643. The normalized spacial score (nSPS) is 13.9. The molecular weight excluding hydrogens is 202 g/mol. The van der Waals surface area contributed by atoms with E-state index < -0.39 is 0 Å². The summed E-state index contributed by atoms with van der Waals surface area (Å²) in [5.41, 5.74) is 6.50. The predicted octanol–water partition coefficient (Wildman–Crippen LogP) is 1.89. The van der Waals surface area contributed by atoms with Gasteiger partial charge in [-0.05, 0) is 24.4 Å². The van der Waals surface area contributed by atoms with Crippen LogP contribution in [0, 0.1) is 6.57 Å². The molecule has 0 aliphatic rings. The smallest absolute Gasteiger partial charge is 0.326 e. The van der Waals surface area contributed by atoms with Gasteiger partial charge in [0.05, 0.1) is 0 Å². The van der Waals surface area contributed by atoms with Crippen molar-refractivity contribution in [1.82, 2.24) is 4.90 Å². The maximum Gasteiger partial charge on any atom is 0.326 e. The summed E-state index contributed by atoms with van der Waals surface area (Å²) in [4.78, 5) is 6.06. The molecule has 4 nitrogen and oxygen atoms in total. The molecule has 1 atom stereocenters. The van der Waals surface area contributed by atoms with E-state index in [9.17, 15) is 0 Å². The Bertz CT molecular complexity index is 245. The molecule has 0 aliphatic heterocycles. The lowest BCUT2D eigenvalue weighted by Gasteiger charge is -2.15. The van der Waals surface area contributed by atoms with Crippen LogP contribution in [0.15, 0.2) is 11.8 Å². The number of nitrogens with zero attached hydrogens (tertiary/aromatic N) is 2. The lowest BCUT2D eigenvalue weighted by atomic mass is 10.3. The minimum atomic E-state index is -0.280. The number of likely N-dealkylation sites (N-methyl/N-ethyl adjacent to an activating group) is 1. The second-order valence-electron chi connectivity index (χ2n) is 3.70. The maximum atomic E-state index is 5.64. The molecule has 0 aromatic heterocycles. The van der Waals surface area contributed by atoms with Crippen LogP contribution >= 0.6 is 0 Å². The number of hydrogen-bond donors (Lipinski definition) is 1. The molecule has 0 aromatic carbocycles. The van der Waals surface area contributed by atoms with E-state index in [2.05, 4.69) is 23.6 Å². The fourth-order valence-corrected chi connectivity index (χ4v) is 1.40. The molecular formula is C12H24N3O+. The molecule has 0 radical (unpaired) electrons. The van der Waals surface area contributed by atoms with Gasteiger partial charge in [-0.25, -0.2) is 0 Å². The number of hydrogen-bond acceptors (Lipinski definition) is 3. The first kappa shape index (κ1) is 15.1. The minimum Gasteiger partial charge on any atom is -0.367 e. The fourth-order valence-electron chi connectivity index (χ4n) is 1.40. The van der Waals surface area contributed by atoms with Gasteiger partial charge >= 0.3 is 5.70 Å². The molecule has 0 saturated heterocycles. The summed E-state index contributed by atoms with van der Waals surface area (Å²) in [6, 6.07) is 0. The van der Waals surface area contributed by atoms with E-state index in [1.165, 1.54) is 0 Å². The van der Waals surface area contributed by atoms with Crippen molar-refractivity contribution in [2.75, 3.05) is 26.7 Å². The lowest BCUT2D eigenvalue weighted by molar-refractivity contribution is 0.111. The molecule has 4 heteroatoms. The predicted molar refractivity (Wildman–Crippen MR) is 68.4 cm³/mol. The SMILES string of the molecule is C#[N+]/C(=C/CC(N)OC)CN(CC)CCC. The third-order valence-electron chi connectivity index (χ3n) is 2.43. The van der Waals surface area contributed by atoms with Crippen LogP contribution in [-0.2, 0) is 4.74 Å². The third kappa shape index (κ3) is 6.57. The van der Waals surface area contributed by atoms with Crippen molar-refractivity contribution < 1.29 is 4.74 Å². The number of nitrogens with two attached hydrogens (primary N) is 1. The van der Waals surface area contributed by atoms with Crippen molar-refractivity contribution >= 4 is 0 Å². The van der Waals surface area contributed by atoms with Crippen molar-refractivity contribution in [3.8, 4) is 6.57 Å². The molecule has 92 valence electrons. The molecule has 0 spiro atoms. The number of methoxy groups -OCH3 is 1. The van der Waals surface area contributed by atoms with Gasteiger partial charge in [-0.1, -0.05) is 13.8 Å². The second kappa shape index (κ2) is 9.34. The van der Waals surface area contributed by atoms with Crippen LogP contribution < -0.4 is 5.73 Å². The van der Waals surface area contributed by atoms with E-state index in [0.29, 0.717) is 6.42 Å². The first-order chi connectivity index (χ1) is 7.67. The second-order valence-corrected chi connectivity index (χ2v) is 3.70. The van der Waals surface area contributed by atoms with E-state index in [1.807, 2.05) is 6.08 Å². The van der Waals surface area contributed by atoms with E-state index in [0.717, 1.165) is 31.8 Å². The zero-order valence-electron chi connectivity index (χ0n) is 10.6. The van der Waals surface area contributed by atoms with Crippen LogP contribution in [0.2, 0.25) is 0 Å². The highest BCUT2D eigenvalue weighted by molar-refractivity contribution is 5.14. The van der Waals surface area contributed by atoms with E-state index in [-0.39, 0.29) is 6.23 Å². The summed E-state index contributed by atoms with van der Waals surface area (Å²) in [6.07, 6.45) is 3.42. The highest BCUT2D eigenvalue weighted by Gasteiger charge is 2.12. The van der Waals surface area contributed by atoms with Gasteiger partial charge in [0.1, 0.15) is 12.8 Å². The van der Waals surface area contributed by atoms with Crippen LogP contribution in [-0.4, -0.2) is 37.9 Å². The molecule has 0 fully saturated rings. The molecule has 0 amide bonds. The summed E-state index contributed by atoms with van der Waals surface area (Å²) in [5, 5.41) is 0. The summed E-state index contributed by atoms with van der Waals surface area (Å²) in [7, 11) is 1.59. The highest BCUT2D eigenvalue weighted by Crippen LogP contribution is 2.05. The lowest BCUT2D eigenvalue weighted by Crippen LogP contribution is -2.26. The van der Waals surface area contributed by atoms with Gasteiger partial charge in [-0.15, -0.1) is 0 Å². The average Bonchev–Trinajstić information content (AvgIpc) is 2.32. The third-order valence-corrected chi connectivity index (χ3v) is 2.43. The molecule has 0 bridgehead atoms. The molecule has 0 saturated carbocycles. The summed E-state index contributed by atoms with van der Waals surface area (Å²) < 4.78 is 4.96. The van der Waals surface area contributed by atoms with Crippen LogP contribution in [0.4, 0.5) is 0 Å². The van der Waals surface area contributed by atoms with Crippen molar-refractivity contribution in [2.24, 2.45) is 5.73 Å². The summed E-state index contributed by atoms with van der Waals surface area (Å²) >= 11 is 0. The number of ether oxygens (including phenoxy) is 1. The van der Waals surface area contributed by atoms with Crippen molar-refractivity contribution in [3.63, 3.8) is 0 Å². The molecule has 2 N–H and O–H groups in total. The van der Waals surface area contributed by atoms with E-state index in [1.54, 1.807) is 7.11 Å². The Morgan fingerprint density at radius 2 is 2.25 bits per heavy atom. The van der Waals surface area contributed by atoms with Crippen LogP contribution in [0.25, 0.3) is 4.85 Å². The first-order valence-electron chi connectivity index (χ1n) is 5.78. The van der Waals surface area contributed by atoms with Crippen LogP contribution in [0.3, 0.4) is 0 Å². The van der Waals surface area contributed by atoms with Gasteiger partial charge in [-0.2, -0.15) is 0 Å². The van der Waals surface area contributed by atoms with E-state index in [4.69, 9.17) is 17.0 Å². The van der Waals surface area contributed by atoms with Gasteiger partial charge in [0, 0.05) is 19.6 Å². The van der Waals surface area contributed by atoms with Crippen LogP contribution in [0.5, 0.6) is 0 Å². The first-order valence-corrected chi connectivity index (χ1v) is 5.78. The summed E-state index contributed by atoms with van der Waals surface area (Å²) in [5.74, 6) is 0.